The van der Waals surface area contributed by atoms with E-state index >= 15 is 0 Å². The van der Waals surface area contributed by atoms with E-state index in [0.717, 1.165) is 74.3 Å². The van der Waals surface area contributed by atoms with Crippen LogP contribution in [0.1, 0.15) is 38.7 Å². The summed E-state index contributed by atoms with van der Waals surface area (Å²) in [6.07, 6.45) is 2.82. The van der Waals surface area contributed by atoms with Gasteiger partial charge in [-0.15, -0.1) is 0 Å². The molecule has 1 aromatic carbocycles. The van der Waals surface area contributed by atoms with Crippen molar-refractivity contribution in [1.82, 2.24) is 15.1 Å². The number of hydrogen-bond donors (Lipinski definition) is 1. The van der Waals surface area contributed by atoms with Crippen molar-refractivity contribution in [2.75, 3.05) is 60.1 Å². The summed E-state index contributed by atoms with van der Waals surface area (Å²) in [5, 5.41) is 2.87. The van der Waals surface area contributed by atoms with Crippen LogP contribution in [0.15, 0.2) is 16.6 Å². The van der Waals surface area contributed by atoms with Crippen molar-refractivity contribution in [1.29, 1.82) is 0 Å². The van der Waals surface area contributed by atoms with Crippen LogP contribution >= 0.6 is 15.9 Å². The van der Waals surface area contributed by atoms with Gasteiger partial charge in [0.2, 0.25) is 0 Å². The summed E-state index contributed by atoms with van der Waals surface area (Å²) in [7, 11) is 3.29. The first-order valence-corrected chi connectivity index (χ1v) is 12.1. The lowest BCUT2D eigenvalue weighted by molar-refractivity contribution is 0.0867. The van der Waals surface area contributed by atoms with Gasteiger partial charge in [-0.3, -0.25) is 4.90 Å². The van der Waals surface area contributed by atoms with Crippen LogP contribution in [0.25, 0.3) is 0 Å². The number of carbonyl (C=O) groups excluding carboxylic acids is 1. The number of rotatable bonds is 12. The number of benzene rings is 1. The number of ether oxygens (including phenoxy) is 3. The Bertz CT molecular complexity index is 685. The second kappa shape index (κ2) is 13.8. The highest BCUT2D eigenvalue weighted by Gasteiger charge is 2.22. The van der Waals surface area contributed by atoms with Crippen molar-refractivity contribution in [2.45, 2.75) is 39.7 Å². The van der Waals surface area contributed by atoms with Crippen molar-refractivity contribution in [3.63, 3.8) is 0 Å². The number of nitrogens with one attached hydrogen (secondary N) is 1. The summed E-state index contributed by atoms with van der Waals surface area (Å²) in [4.78, 5) is 16.8. The van der Waals surface area contributed by atoms with Crippen molar-refractivity contribution < 1.29 is 19.0 Å². The summed E-state index contributed by atoms with van der Waals surface area (Å²) in [5.41, 5.74) is 1.16. The van der Waals surface area contributed by atoms with Crippen LogP contribution in [0.5, 0.6) is 11.5 Å². The molecule has 1 aliphatic heterocycles. The number of methoxy groups -OCH3 is 2. The van der Waals surface area contributed by atoms with Gasteiger partial charge in [-0.1, -0.05) is 29.8 Å². The molecule has 1 aliphatic rings. The van der Waals surface area contributed by atoms with Crippen molar-refractivity contribution in [3.8, 4) is 11.5 Å². The Morgan fingerprint density at radius 2 is 1.94 bits per heavy atom. The number of likely N-dealkylation sites (tertiary alicyclic amines) is 1. The van der Waals surface area contributed by atoms with E-state index in [1.54, 1.807) is 14.2 Å². The first-order valence-electron chi connectivity index (χ1n) is 11.3. The second-order valence-corrected chi connectivity index (χ2v) is 8.80. The average Bonchev–Trinajstić information content (AvgIpc) is 2.79. The molecule has 0 radical (unpaired) electrons. The maximum atomic E-state index is 12.0. The first kappa shape index (κ1) is 25.7. The smallest absolute Gasteiger partial charge is 0.407 e. The molecule has 2 rings (SSSR count). The predicted octanol–water partition coefficient (Wildman–Crippen LogP) is 4.14. The Morgan fingerprint density at radius 1 is 1.23 bits per heavy atom. The fourth-order valence-corrected chi connectivity index (χ4v) is 4.41. The van der Waals surface area contributed by atoms with Gasteiger partial charge in [0, 0.05) is 30.0 Å². The Kier molecular flexibility index (Phi) is 11.5. The Balaban J connectivity index is 1.75. The lowest BCUT2D eigenvalue weighted by Gasteiger charge is -2.32. The maximum absolute atomic E-state index is 12.0. The number of alkyl carbamates (subject to hydrolysis) is 1. The fourth-order valence-electron chi connectivity index (χ4n) is 3.97. The Labute approximate surface area is 195 Å². The molecular weight excluding hydrogens is 462 g/mol. The number of halogens is 1. The molecule has 31 heavy (non-hydrogen) atoms. The first-order chi connectivity index (χ1) is 15.0. The quantitative estimate of drug-likeness (QED) is 0.436. The number of carbonyl (C=O) groups is 1. The van der Waals surface area contributed by atoms with Crippen molar-refractivity contribution >= 4 is 22.0 Å². The van der Waals surface area contributed by atoms with Gasteiger partial charge < -0.3 is 24.4 Å². The standard InChI is InChI=1S/C23H38BrN3O4/c1-5-26(6-2)12-8-10-25-23(28)31-17-18-9-7-11-27(15-18)16-19-13-21(29-3)22(30-4)14-20(19)24/h13-14,18H,5-12,15-17H2,1-4H3,(H,25,28). The second-order valence-electron chi connectivity index (χ2n) is 7.95. The van der Waals surface area contributed by atoms with E-state index in [1.165, 1.54) is 0 Å². The van der Waals surface area contributed by atoms with Crippen LogP contribution in [0, 0.1) is 5.92 Å². The number of hydrogen-bond acceptors (Lipinski definition) is 6. The summed E-state index contributed by atoms with van der Waals surface area (Å²) in [6.45, 7) is 11.3. The monoisotopic (exact) mass is 499 g/mol. The van der Waals surface area contributed by atoms with Crippen LogP contribution in [0.4, 0.5) is 4.79 Å². The predicted molar refractivity (Wildman–Crippen MR) is 127 cm³/mol. The molecule has 0 aromatic heterocycles. The third-order valence-corrected chi connectivity index (χ3v) is 6.55. The van der Waals surface area contributed by atoms with E-state index < -0.39 is 0 Å². The maximum Gasteiger partial charge on any atom is 0.407 e. The molecule has 1 saturated heterocycles. The average molecular weight is 500 g/mol. The summed E-state index contributed by atoms with van der Waals surface area (Å²) < 4.78 is 17.3. The molecule has 0 aliphatic carbocycles. The molecule has 1 unspecified atom stereocenters. The molecule has 1 N–H and O–H groups in total. The molecule has 1 amide bonds. The van der Waals surface area contributed by atoms with E-state index in [2.05, 4.69) is 44.9 Å². The van der Waals surface area contributed by atoms with E-state index in [4.69, 9.17) is 14.2 Å². The molecule has 1 aromatic rings. The molecule has 1 heterocycles. The van der Waals surface area contributed by atoms with E-state index in [-0.39, 0.29) is 6.09 Å². The van der Waals surface area contributed by atoms with Crippen LogP contribution in [0.3, 0.4) is 0 Å². The zero-order chi connectivity index (χ0) is 22.6. The van der Waals surface area contributed by atoms with Crippen LogP contribution in [0.2, 0.25) is 0 Å². The number of amides is 1. The topological polar surface area (TPSA) is 63.3 Å². The molecule has 0 spiro atoms. The Morgan fingerprint density at radius 3 is 2.61 bits per heavy atom. The molecule has 0 bridgehead atoms. The third-order valence-electron chi connectivity index (χ3n) is 5.81. The third kappa shape index (κ3) is 8.50. The minimum Gasteiger partial charge on any atom is -0.493 e. The van der Waals surface area contributed by atoms with Gasteiger partial charge in [-0.05, 0) is 63.1 Å². The normalized spacial score (nSPS) is 16.9. The van der Waals surface area contributed by atoms with Gasteiger partial charge in [0.1, 0.15) is 0 Å². The largest absolute Gasteiger partial charge is 0.493 e. The molecule has 176 valence electrons. The molecule has 1 atom stereocenters. The van der Waals surface area contributed by atoms with Gasteiger partial charge in [0.05, 0.1) is 20.8 Å². The zero-order valence-corrected chi connectivity index (χ0v) is 21.0. The van der Waals surface area contributed by atoms with Crippen LogP contribution < -0.4 is 14.8 Å². The van der Waals surface area contributed by atoms with Crippen LogP contribution in [-0.2, 0) is 11.3 Å². The Hall–Kier alpha value is -1.51. The van der Waals surface area contributed by atoms with E-state index in [1.807, 2.05) is 12.1 Å². The molecule has 8 heteroatoms. The highest BCUT2D eigenvalue weighted by Crippen LogP contribution is 2.34. The van der Waals surface area contributed by atoms with E-state index in [0.29, 0.717) is 24.8 Å². The molecule has 7 nitrogen and oxygen atoms in total. The highest BCUT2D eigenvalue weighted by atomic mass is 79.9. The minimum absolute atomic E-state index is 0.306. The lowest BCUT2D eigenvalue weighted by Crippen LogP contribution is -2.38. The van der Waals surface area contributed by atoms with Crippen molar-refractivity contribution in [2.24, 2.45) is 5.92 Å². The lowest BCUT2D eigenvalue weighted by atomic mass is 9.98. The molecular formula is C23H38BrN3O4. The van der Waals surface area contributed by atoms with Gasteiger partial charge in [0.15, 0.2) is 11.5 Å². The summed E-state index contributed by atoms with van der Waals surface area (Å²) in [5.74, 6) is 1.80. The number of nitrogens with zero attached hydrogens (tertiary/aromatic N) is 2. The van der Waals surface area contributed by atoms with Gasteiger partial charge >= 0.3 is 6.09 Å². The SMILES string of the molecule is CCN(CC)CCCNC(=O)OCC1CCCN(Cc2cc(OC)c(OC)cc2Br)C1. The van der Waals surface area contributed by atoms with Crippen molar-refractivity contribution in [3.05, 3.63) is 22.2 Å². The van der Waals surface area contributed by atoms with E-state index in [9.17, 15) is 4.79 Å². The molecule has 0 saturated carbocycles. The highest BCUT2D eigenvalue weighted by molar-refractivity contribution is 9.10. The number of piperidine rings is 1. The summed E-state index contributed by atoms with van der Waals surface area (Å²) in [6, 6.07) is 3.97. The van der Waals surface area contributed by atoms with Gasteiger partial charge in [0.25, 0.3) is 0 Å². The zero-order valence-electron chi connectivity index (χ0n) is 19.4. The van der Waals surface area contributed by atoms with Crippen LogP contribution in [-0.4, -0.2) is 76.0 Å². The molecule has 1 fully saturated rings. The van der Waals surface area contributed by atoms with Gasteiger partial charge in [-0.25, -0.2) is 4.79 Å². The fraction of sp³-hybridized carbons (Fsp3) is 0.696. The minimum atomic E-state index is -0.306. The van der Waals surface area contributed by atoms with Gasteiger partial charge in [-0.2, -0.15) is 0 Å². The summed E-state index contributed by atoms with van der Waals surface area (Å²) >= 11 is 3.65.